The average Bonchev–Trinajstić information content (AvgIpc) is 3.52. The van der Waals surface area contributed by atoms with E-state index in [2.05, 4.69) is 21.2 Å². The highest BCUT2D eigenvalue weighted by molar-refractivity contribution is 6.06. The summed E-state index contributed by atoms with van der Waals surface area (Å²) in [6.07, 6.45) is 2.04. The lowest BCUT2D eigenvalue weighted by atomic mass is 10.1. The van der Waals surface area contributed by atoms with E-state index >= 15 is 0 Å². The number of likely N-dealkylation sites (tertiary alicyclic amines) is 1. The minimum atomic E-state index is -0.248. The molecule has 0 atom stereocenters. The summed E-state index contributed by atoms with van der Waals surface area (Å²) in [7, 11) is 3.27. The zero-order valence-electron chi connectivity index (χ0n) is 22.0. The summed E-state index contributed by atoms with van der Waals surface area (Å²) < 4.78 is 10.8. The van der Waals surface area contributed by atoms with Gasteiger partial charge in [0.1, 0.15) is 11.5 Å². The van der Waals surface area contributed by atoms with Crippen molar-refractivity contribution in [3.05, 3.63) is 77.9 Å². The molecule has 0 spiro atoms. The Morgan fingerprint density at radius 3 is 2.16 bits per heavy atom. The molecule has 0 aromatic heterocycles. The third-order valence-corrected chi connectivity index (χ3v) is 7.26. The van der Waals surface area contributed by atoms with Gasteiger partial charge < -0.3 is 29.5 Å². The second-order valence-corrected chi connectivity index (χ2v) is 9.56. The number of anilines is 3. The number of ether oxygens (including phenoxy) is 2. The van der Waals surface area contributed by atoms with Crippen LogP contribution in [0.4, 0.5) is 17.1 Å². The van der Waals surface area contributed by atoms with Gasteiger partial charge in [-0.3, -0.25) is 9.59 Å². The SMILES string of the molecule is COc1cccc(C(=O)Nc2ccc(N3CCN(c4ccccc4OC)CC3)c(C(=O)N3CCCC3)c2)c1. The Morgan fingerprint density at radius 2 is 1.45 bits per heavy atom. The van der Waals surface area contributed by atoms with Crippen LogP contribution in [0, 0.1) is 0 Å². The topological polar surface area (TPSA) is 74.4 Å². The Kier molecular flexibility index (Phi) is 7.67. The summed E-state index contributed by atoms with van der Waals surface area (Å²) in [6.45, 7) is 4.69. The Balaban J connectivity index is 1.37. The number of nitrogens with zero attached hydrogens (tertiary/aromatic N) is 3. The first kappa shape index (κ1) is 25.4. The van der Waals surface area contributed by atoms with E-state index in [1.54, 1.807) is 38.5 Å². The third kappa shape index (κ3) is 5.39. The van der Waals surface area contributed by atoms with Gasteiger partial charge >= 0.3 is 0 Å². The maximum Gasteiger partial charge on any atom is 0.256 e. The van der Waals surface area contributed by atoms with Crippen LogP contribution in [-0.2, 0) is 0 Å². The Labute approximate surface area is 223 Å². The summed E-state index contributed by atoms with van der Waals surface area (Å²) in [5.74, 6) is 1.25. The Bertz CT molecular complexity index is 1300. The van der Waals surface area contributed by atoms with Gasteiger partial charge in [-0.05, 0) is 61.4 Å². The molecule has 3 aromatic carbocycles. The normalized spacial score (nSPS) is 15.4. The largest absolute Gasteiger partial charge is 0.497 e. The molecule has 0 radical (unpaired) electrons. The number of amides is 2. The number of nitrogens with one attached hydrogen (secondary N) is 1. The van der Waals surface area contributed by atoms with Crippen LogP contribution < -0.4 is 24.6 Å². The maximum absolute atomic E-state index is 13.6. The molecule has 0 unspecified atom stereocenters. The van der Waals surface area contributed by atoms with E-state index in [9.17, 15) is 9.59 Å². The van der Waals surface area contributed by atoms with Crippen molar-refractivity contribution in [3.63, 3.8) is 0 Å². The van der Waals surface area contributed by atoms with E-state index in [1.807, 2.05) is 41.3 Å². The first-order chi connectivity index (χ1) is 18.6. The highest BCUT2D eigenvalue weighted by Crippen LogP contribution is 2.32. The van der Waals surface area contributed by atoms with Crippen LogP contribution in [0.2, 0.25) is 0 Å². The van der Waals surface area contributed by atoms with Crippen molar-refractivity contribution in [2.45, 2.75) is 12.8 Å². The molecule has 2 heterocycles. The van der Waals surface area contributed by atoms with Crippen molar-refractivity contribution in [1.82, 2.24) is 4.90 Å². The molecular formula is C30H34N4O4. The standard InChI is InChI=1S/C30H34N4O4/c1-37-24-9-7-8-22(20-24)29(35)31-23-12-13-26(25(21-23)30(36)34-14-5-6-15-34)32-16-18-33(19-17-32)27-10-3-4-11-28(27)38-2/h3-4,7-13,20-21H,5-6,14-19H2,1-2H3,(H,31,35). The van der Waals surface area contributed by atoms with Crippen LogP contribution in [0.1, 0.15) is 33.6 Å². The van der Waals surface area contributed by atoms with E-state index in [0.717, 1.165) is 69.2 Å². The van der Waals surface area contributed by atoms with Gasteiger partial charge in [-0.25, -0.2) is 0 Å². The van der Waals surface area contributed by atoms with Crippen LogP contribution >= 0.6 is 0 Å². The molecule has 2 aliphatic rings. The molecule has 198 valence electrons. The molecule has 2 aliphatic heterocycles. The number of benzene rings is 3. The second kappa shape index (κ2) is 11.5. The van der Waals surface area contributed by atoms with Crippen molar-refractivity contribution in [1.29, 1.82) is 0 Å². The van der Waals surface area contributed by atoms with Gasteiger partial charge in [-0.2, -0.15) is 0 Å². The molecule has 0 saturated carbocycles. The Morgan fingerprint density at radius 1 is 0.737 bits per heavy atom. The van der Waals surface area contributed by atoms with Crippen LogP contribution in [-0.4, -0.2) is 70.2 Å². The van der Waals surface area contributed by atoms with Crippen LogP contribution in [0.15, 0.2) is 66.7 Å². The molecule has 2 fully saturated rings. The van der Waals surface area contributed by atoms with Crippen molar-refractivity contribution < 1.29 is 19.1 Å². The van der Waals surface area contributed by atoms with Crippen LogP contribution in [0.5, 0.6) is 11.5 Å². The number of methoxy groups -OCH3 is 2. The molecule has 1 N–H and O–H groups in total. The number of hydrogen-bond donors (Lipinski definition) is 1. The lowest BCUT2D eigenvalue weighted by Crippen LogP contribution is -2.47. The van der Waals surface area contributed by atoms with Gasteiger partial charge in [0.15, 0.2) is 0 Å². The highest BCUT2D eigenvalue weighted by atomic mass is 16.5. The number of carbonyl (C=O) groups excluding carboxylic acids is 2. The highest BCUT2D eigenvalue weighted by Gasteiger charge is 2.27. The number of piperazine rings is 1. The van der Waals surface area contributed by atoms with Gasteiger partial charge in [0, 0.05) is 56.2 Å². The minimum absolute atomic E-state index is 0.0159. The number of carbonyl (C=O) groups is 2. The van der Waals surface area contributed by atoms with Gasteiger partial charge in [0.05, 0.1) is 25.5 Å². The molecular weight excluding hydrogens is 480 g/mol. The monoisotopic (exact) mass is 514 g/mol. The maximum atomic E-state index is 13.6. The van der Waals surface area contributed by atoms with E-state index in [0.29, 0.717) is 22.6 Å². The molecule has 8 heteroatoms. The van der Waals surface area contributed by atoms with Gasteiger partial charge in [-0.15, -0.1) is 0 Å². The predicted octanol–water partition coefficient (Wildman–Crippen LogP) is 4.52. The number of hydrogen-bond acceptors (Lipinski definition) is 6. The van der Waals surface area contributed by atoms with Crippen molar-refractivity contribution in [2.24, 2.45) is 0 Å². The second-order valence-electron chi connectivity index (χ2n) is 9.56. The fourth-order valence-electron chi connectivity index (χ4n) is 5.20. The zero-order valence-corrected chi connectivity index (χ0v) is 22.0. The smallest absolute Gasteiger partial charge is 0.256 e. The summed E-state index contributed by atoms with van der Waals surface area (Å²) in [5, 5.41) is 2.96. The summed E-state index contributed by atoms with van der Waals surface area (Å²) in [6, 6.07) is 20.7. The molecule has 0 bridgehead atoms. The van der Waals surface area contributed by atoms with Crippen molar-refractivity contribution in [3.8, 4) is 11.5 Å². The first-order valence-electron chi connectivity index (χ1n) is 13.1. The molecule has 5 rings (SSSR count). The summed E-state index contributed by atoms with van der Waals surface area (Å²) in [5.41, 5.74) is 3.70. The van der Waals surface area contributed by atoms with Gasteiger partial charge in [-0.1, -0.05) is 18.2 Å². The summed E-state index contributed by atoms with van der Waals surface area (Å²) in [4.78, 5) is 33.1. The molecule has 3 aromatic rings. The number of rotatable bonds is 7. The van der Waals surface area contributed by atoms with E-state index in [-0.39, 0.29) is 11.8 Å². The molecule has 8 nitrogen and oxygen atoms in total. The van der Waals surface area contributed by atoms with Crippen LogP contribution in [0.3, 0.4) is 0 Å². The molecule has 2 amide bonds. The van der Waals surface area contributed by atoms with Crippen molar-refractivity contribution in [2.75, 3.05) is 68.6 Å². The summed E-state index contributed by atoms with van der Waals surface area (Å²) >= 11 is 0. The fraction of sp³-hybridized carbons (Fsp3) is 0.333. The minimum Gasteiger partial charge on any atom is -0.497 e. The lowest BCUT2D eigenvalue weighted by molar-refractivity contribution is 0.0793. The molecule has 38 heavy (non-hydrogen) atoms. The molecule has 2 saturated heterocycles. The van der Waals surface area contributed by atoms with E-state index in [4.69, 9.17) is 9.47 Å². The van der Waals surface area contributed by atoms with Crippen molar-refractivity contribution >= 4 is 28.9 Å². The van der Waals surface area contributed by atoms with Gasteiger partial charge in [0.25, 0.3) is 11.8 Å². The lowest BCUT2D eigenvalue weighted by Gasteiger charge is -2.38. The third-order valence-electron chi connectivity index (χ3n) is 7.26. The fourth-order valence-corrected chi connectivity index (χ4v) is 5.20. The van der Waals surface area contributed by atoms with E-state index in [1.165, 1.54) is 0 Å². The number of para-hydroxylation sites is 2. The zero-order chi connectivity index (χ0) is 26.5. The van der Waals surface area contributed by atoms with Gasteiger partial charge in [0.2, 0.25) is 0 Å². The molecule has 0 aliphatic carbocycles. The quantitative estimate of drug-likeness (QED) is 0.500. The first-order valence-corrected chi connectivity index (χ1v) is 13.1. The average molecular weight is 515 g/mol. The predicted molar refractivity (Wildman–Crippen MR) is 150 cm³/mol. The van der Waals surface area contributed by atoms with E-state index < -0.39 is 0 Å². The van der Waals surface area contributed by atoms with Crippen LogP contribution in [0.25, 0.3) is 0 Å². The Hall–Kier alpha value is -4.20.